The van der Waals surface area contributed by atoms with Crippen molar-refractivity contribution in [2.75, 3.05) is 0 Å². The minimum Gasteiger partial charge on any atom is -0.413 e. The average Bonchev–Trinajstić information content (AvgIpc) is 2.59. The highest BCUT2D eigenvalue weighted by Gasteiger charge is 2.33. The van der Waals surface area contributed by atoms with Crippen LogP contribution in [0.2, 0.25) is 0 Å². The molecule has 0 aliphatic rings. The van der Waals surface area contributed by atoms with Crippen LogP contribution in [0.15, 0.2) is 72.8 Å². The quantitative estimate of drug-likeness (QED) is 0.562. The highest BCUT2D eigenvalue weighted by molar-refractivity contribution is 7.63. The van der Waals surface area contributed by atoms with Gasteiger partial charge in [0.1, 0.15) is 11.5 Å². The fourth-order valence-electron chi connectivity index (χ4n) is 2.56. The van der Waals surface area contributed by atoms with Crippen molar-refractivity contribution in [1.82, 2.24) is 0 Å². The largest absolute Gasteiger partial charge is 0.463 e. The van der Waals surface area contributed by atoms with Crippen LogP contribution in [0.5, 0.6) is 11.5 Å². The summed E-state index contributed by atoms with van der Waals surface area (Å²) in [6.07, 6.45) is 0. The Morgan fingerprint density at radius 3 is 1.44 bits per heavy atom. The van der Waals surface area contributed by atoms with Crippen molar-refractivity contribution >= 4 is 12.9 Å². The molecule has 0 unspecified atom stereocenters. The second-order valence-corrected chi connectivity index (χ2v) is 7.84. The fraction of sp³-hybridized carbons (Fsp3) is 0.143. The first-order valence-corrected chi connectivity index (χ1v) is 9.70. The molecule has 4 heteroatoms. The zero-order valence-electron chi connectivity index (χ0n) is 14.6. The van der Waals surface area contributed by atoms with Crippen LogP contribution >= 0.6 is 7.60 Å². The van der Waals surface area contributed by atoms with Crippen molar-refractivity contribution in [2.45, 2.75) is 20.8 Å². The summed E-state index contributed by atoms with van der Waals surface area (Å²) in [5, 5.41) is 0.571. The molecule has 0 radical (unpaired) electrons. The Morgan fingerprint density at radius 2 is 1.00 bits per heavy atom. The molecule has 0 atom stereocenters. The maximum absolute atomic E-state index is 13.8. The summed E-state index contributed by atoms with van der Waals surface area (Å²) in [5.74, 6) is 1.12. The van der Waals surface area contributed by atoms with Gasteiger partial charge in [0.15, 0.2) is 0 Å². The standard InChI is InChI=1S/C21H21O3P/c1-16-10-4-7-13-19(16)23-25(22,21-15-9-6-12-18(21)3)24-20-14-8-5-11-17(20)2/h4-15H,1-3H3. The smallest absolute Gasteiger partial charge is 0.413 e. The van der Waals surface area contributed by atoms with E-state index in [2.05, 4.69) is 0 Å². The maximum Gasteiger partial charge on any atom is 0.463 e. The zero-order chi connectivity index (χ0) is 17.9. The van der Waals surface area contributed by atoms with Crippen LogP contribution in [0, 0.1) is 20.8 Å². The van der Waals surface area contributed by atoms with Gasteiger partial charge in [-0.2, -0.15) is 0 Å². The van der Waals surface area contributed by atoms with Crippen LogP contribution in [0.25, 0.3) is 0 Å². The van der Waals surface area contributed by atoms with E-state index in [0.717, 1.165) is 16.7 Å². The van der Waals surface area contributed by atoms with Crippen molar-refractivity contribution in [1.29, 1.82) is 0 Å². The van der Waals surface area contributed by atoms with Crippen LogP contribution in [0.1, 0.15) is 16.7 Å². The molecule has 128 valence electrons. The molecule has 0 amide bonds. The van der Waals surface area contributed by atoms with Gasteiger partial charge < -0.3 is 9.05 Å². The number of rotatable bonds is 5. The van der Waals surface area contributed by atoms with E-state index in [1.807, 2.05) is 87.5 Å². The van der Waals surface area contributed by atoms with Gasteiger partial charge >= 0.3 is 7.60 Å². The van der Waals surface area contributed by atoms with Gasteiger partial charge in [-0.1, -0.05) is 54.6 Å². The lowest BCUT2D eigenvalue weighted by atomic mass is 10.2. The Balaban J connectivity index is 2.08. The molecular weight excluding hydrogens is 331 g/mol. The highest BCUT2D eigenvalue weighted by atomic mass is 31.2. The van der Waals surface area contributed by atoms with E-state index in [0.29, 0.717) is 16.8 Å². The lowest BCUT2D eigenvalue weighted by Gasteiger charge is -2.23. The van der Waals surface area contributed by atoms with Crippen molar-refractivity contribution in [3.63, 3.8) is 0 Å². The van der Waals surface area contributed by atoms with Crippen LogP contribution in [-0.2, 0) is 4.57 Å². The minimum atomic E-state index is -3.61. The molecule has 3 aromatic rings. The molecule has 3 rings (SSSR count). The molecule has 3 aromatic carbocycles. The molecule has 0 spiro atoms. The second-order valence-electron chi connectivity index (χ2n) is 6.00. The lowest BCUT2D eigenvalue weighted by Crippen LogP contribution is -2.18. The van der Waals surface area contributed by atoms with Crippen molar-refractivity contribution in [2.24, 2.45) is 0 Å². The van der Waals surface area contributed by atoms with E-state index in [1.54, 1.807) is 6.07 Å². The van der Waals surface area contributed by atoms with Crippen molar-refractivity contribution in [3.8, 4) is 11.5 Å². The summed E-state index contributed by atoms with van der Waals surface area (Å²) in [7, 11) is -3.61. The summed E-state index contributed by atoms with van der Waals surface area (Å²) in [4.78, 5) is 0. The minimum absolute atomic E-state index is 0.558. The summed E-state index contributed by atoms with van der Waals surface area (Å²) in [5.41, 5.74) is 2.68. The highest BCUT2D eigenvalue weighted by Crippen LogP contribution is 2.49. The summed E-state index contributed by atoms with van der Waals surface area (Å²) < 4.78 is 25.8. The molecule has 0 aromatic heterocycles. The Kier molecular flexibility index (Phi) is 4.96. The molecule has 0 aliphatic carbocycles. The number of benzene rings is 3. The van der Waals surface area contributed by atoms with E-state index < -0.39 is 7.60 Å². The predicted molar refractivity (Wildman–Crippen MR) is 102 cm³/mol. The van der Waals surface area contributed by atoms with E-state index in [-0.39, 0.29) is 0 Å². The van der Waals surface area contributed by atoms with Gasteiger partial charge in [-0.05, 0) is 55.7 Å². The molecule has 0 bridgehead atoms. The van der Waals surface area contributed by atoms with Gasteiger partial charge in [0.05, 0.1) is 5.30 Å². The van der Waals surface area contributed by atoms with Crippen LogP contribution in [-0.4, -0.2) is 0 Å². The van der Waals surface area contributed by atoms with Gasteiger partial charge in [-0.15, -0.1) is 0 Å². The van der Waals surface area contributed by atoms with Gasteiger partial charge in [0.2, 0.25) is 0 Å². The molecule has 0 heterocycles. The maximum atomic E-state index is 13.8. The van der Waals surface area contributed by atoms with E-state index >= 15 is 0 Å². The summed E-state index contributed by atoms with van der Waals surface area (Å²) >= 11 is 0. The topological polar surface area (TPSA) is 35.5 Å². The first-order valence-electron chi connectivity index (χ1n) is 8.16. The number of aryl methyl sites for hydroxylation is 3. The zero-order valence-corrected chi connectivity index (χ0v) is 15.5. The summed E-state index contributed by atoms with van der Waals surface area (Å²) in [6.45, 7) is 5.75. The monoisotopic (exact) mass is 352 g/mol. The average molecular weight is 352 g/mol. The molecule has 0 saturated heterocycles. The molecule has 0 saturated carbocycles. The third-order valence-corrected chi connectivity index (χ3v) is 6.00. The van der Waals surface area contributed by atoms with Crippen molar-refractivity contribution in [3.05, 3.63) is 89.5 Å². The second kappa shape index (κ2) is 7.16. The van der Waals surface area contributed by atoms with Gasteiger partial charge in [0.25, 0.3) is 0 Å². The molecule has 0 aliphatic heterocycles. The fourth-order valence-corrected chi connectivity index (χ4v) is 4.50. The third-order valence-electron chi connectivity index (χ3n) is 4.03. The van der Waals surface area contributed by atoms with Crippen LogP contribution in [0.4, 0.5) is 0 Å². The van der Waals surface area contributed by atoms with Gasteiger partial charge in [-0.25, -0.2) is 4.57 Å². The Hall–Kier alpha value is -2.51. The van der Waals surface area contributed by atoms with Crippen LogP contribution < -0.4 is 14.4 Å². The summed E-state index contributed by atoms with van der Waals surface area (Å²) in [6, 6.07) is 22.5. The molecule has 0 fully saturated rings. The third kappa shape index (κ3) is 3.78. The van der Waals surface area contributed by atoms with E-state index in [9.17, 15) is 4.57 Å². The Morgan fingerprint density at radius 1 is 0.600 bits per heavy atom. The lowest BCUT2D eigenvalue weighted by molar-refractivity contribution is 0.397. The first-order chi connectivity index (χ1) is 12.0. The van der Waals surface area contributed by atoms with Crippen LogP contribution in [0.3, 0.4) is 0 Å². The normalized spacial score (nSPS) is 11.2. The van der Waals surface area contributed by atoms with Crippen molar-refractivity contribution < 1.29 is 13.6 Å². The predicted octanol–water partition coefficient (Wildman–Crippen LogP) is 5.59. The number of para-hydroxylation sites is 2. The molecular formula is C21H21O3P. The van der Waals surface area contributed by atoms with E-state index in [1.165, 1.54) is 0 Å². The number of hydrogen-bond acceptors (Lipinski definition) is 3. The molecule has 0 N–H and O–H groups in total. The van der Waals surface area contributed by atoms with E-state index in [4.69, 9.17) is 9.05 Å². The van der Waals surface area contributed by atoms with Gasteiger partial charge in [-0.3, -0.25) is 0 Å². The Labute approximate surface area is 148 Å². The molecule has 3 nitrogen and oxygen atoms in total. The number of hydrogen-bond donors (Lipinski definition) is 0. The Bertz CT molecular complexity index is 882. The first kappa shape index (κ1) is 17.3. The SMILES string of the molecule is Cc1ccccc1OP(=O)(Oc1ccccc1C)c1ccccc1C. The molecule has 25 heavy (non-hydrogen) atoms. The van der Waals surface area contributed by atoms with Gasteiger partial charge in [0, 0.05) is 0 Å².